The summed E-state index contributed by atoms with van der Waals surface area (Å²) in [6, 6.07) is 4.82. The number of nitro benzene ring substituents is 1. The zero-order valence-corrected chi connectivity index (χ0v) is 11.9. The van der Waals surface area contributed by atoms with Gasteiger partial charge in [-0.3, -0.25) is 10.1 Å². The first-order valence-corrected chi connectivity index (χ1v) is 6.54. The van der Waals surface area contributed by atoms with Crippen molar-refractivity contribution in [2.24, 2.45) is 0 Å². The van der Waals surface area contributed by atoms with Gasteiger partial charge in [-0.15, -0.1) is 0 Å². The third-order valence-corrected chi connectivity index (χ3v) is 2.77. The van der Waals surface area contributed by atoms with Gasteiger partial charge in [-0.2, -0.15) is 0 Å². The van der Waals surface area contributed by atoms with Crippen LogP contribution in [0.4, 0.5) is 5.69 Å². The second-order valence-corrected chi connectivity index (χ2v) is 4.48. The second-order valence-electron chi connectivity index (χ2n) is 4.48. The third kappa shape index (κ3) is 3.96. The summed E-state index contributed by atoms with van der Waals surface area (Å²) in [5.74, 6) is 0.130. The van der Waals surface area contributed by atoms with Gasteiger partial charge in [0.05, 0.1) is 4.92 Å². The first-order valence-electron chi connectivity index (χ1n) is 6.54. The van der Waals surface area contributed by atoms with E-state index in [1.807, 2.05) is 6.92 Å². The average molecular weight is 288 g/mol. The molecule has 1 aromatic carbocycles. The molecule has 2 rings (SSSR count). The first kappa shape index (κ1) is 14.9. The standard InChI is InChI=1S/C14H16N4O3/c1-3-15-7-11-8-16-14(17-9-11)21-13-5-4-10(2)6-12(13)18(19)20/h4-6,8-9,15H,3,7H2,1-2H3. The van der Waals surface area contributed by atoms with Crippen molar-refractivity contribution in [1.29, 1.82) is 0 Å². The van der Waals surface area contributed by atoms with Gasteiger partial charge in [-0.25, -0.2) is 9.97 Å². The fraction of sp³-hybridized carbons (Fsp3) is 0.286. The number of aryl methyl sites for hydroxylation is 1. The summed E-state index contributed by atoms with van der Waals surface area (Å²) in [5, 5.41) is 14.2. The molecular formula is C14H16N4O3. The Balaban J connectivity index is 2.16. The Morgan fingerprint density at radius 1 is 1.33 bits per heavy atom. The van der Waals surface area contributed by atoms with Crippen molar-refractivity contribution in [1.82, 2.24) is 15.3 Å². The highest BCUT2D eigenvalue weighted by molar-refractivity contribution is 5.49. The molecule has 0 spiro atoms. The fourth-order valence-electron chi connectivity index (χ4n) is 1.71. The SMILES string of the molecule is CCNCc1cnc(Oc2ccc(C)cc2[N+](=O)[O-])nc1. The highest BCUT2D eigenvalue weighted by Crippen LogP contribution is 2.30. The topological polar surface area (TPSA) is 90.2 Å². The van der Waals surface area contributed by atoms with E-state index in [4.69, 9.17) is 4.74 Å². The lowest BCUT2D eigenvalue weighted by Crippen LogP contribution is -2.12. The molecule has 7 nitrogen and oxygen atoms in total. The molecule has 0 saturated heterocycles. The molecule has 0 atom stereocenters. The van der Waals surface area contributed by atoms with Gasteiger partial charge in [0.1, 0.15) is 0 Å². The lowest BCUT2D eigenvalue weighted by molar-refractivity contribution is -0.385. The normalized spacial score (nSPS) is 10.4. The van der Waals surface area contributed by atoms with Crippen LogP contribution in [0.5, 0.6) is 11.8 Å². The number of nitrogens with one attached hydrogen (secondary N) is 1. The van der Waals surface area contributed by atoms with E-state index in [-0.39, 0.29) is 17.4 Å². The Bertz CT molecular complexity index is 629. The predicted octanol–water partition coefficient (Wildman–Crippen LogP) is 2.60. The molecule has 1 aromatic heterocycles. The molecule has 7 heteroatoms. The van der Waals surface area contributed by atoms with Crippen LogP contribution in [0.2, 0.25) is 0 Å². The van der Waals surface area contributed by atoms with Crippen LogP contribution in [0.1, 0.15) is 18.1 Å². The molecular weight excluding hydrogens is 272 g/mol. The number of ether oxygens (including phenoxy) is 1. The Morgan fingerprint density at radius 2 is 2.05 bits per heavy atom. The maximum atomic E-state index is 11.0. The van der Waals surface area contributed by atoms with Crippen LogP contribution in [0, 0.1) is 17.0 Å². The monoisotopic (exact) mass is 288 g/mol. The van der Waals surface area contributed by atoms with E-state index in [0.29, 0.717) is 6.54 Å². The zero-order valence-electron chi connectivity index (χ0n) is 11.9. The van der Waals surface area contributed by atoms with E-state index in [0.717, 1.165) is 17.7 Å². The minimum atomic E-state index is -0.484. The van der Waals surface area contributed by atoms with Gasteiger partial charge in [-0.05, 0) is 25.1 Å². The highest BCUT2D eigenvalue weighted by atomic mass is 16.6. The van der Waals surface area contributed by atoms with Crippen molar-refractivity contribution in [2.45, 2.75) is 20.4 Å². The van der Waals surface area contributed by atoms with E-state index < -0.39 is 4.92 Å². The van der Waals surface area contributed by atoms with Gasteiger partial charge in [0.15, 0.2) is 0 Å². The Labute approximate surface area is 122 Å². The number of hydrogen-bond acceptors (Lipinski definition) is 6. The molecule has 0 amide bonds. The van der Waals surface area contributed by atoms with Gasteiger partial charge in [-0.1, -0.05) is 13.0 Å². The van der Waals surface area contributed by atoms with Crippen LogP contribution in [-0.2, 0) is 6.54 Å². The van der Waals surface area contributed by atoms with E-state index in [1.54, 1.807) is 31.5 Å². The van der Waals surface area contributed by atoms with Gasteiger partial charge >= 0.3 is 11.7 Å². The summed E-state index contributed by atoms with van der Waals surface area (Å²) in [7, 11) is 0. The summed E-state index contributed by atoms with van der Waals surface area (Å²) in [6.07, 6.45) is 3.26. The van der Waals surface area contributed by atoms with Crippen LogP contribution in [0.3, 0.4) is 0 Å². The quantitative estimate of drug-likeness (QED) is 0.649. The summed E-state index contributed by atoms with van der Waals surface area (Å²) < 4.78 is 5.40. The minimum Gasteiger partial charge on any atom is -0.417 e. The molecule has 0 aliphatic rings. The summed E-state index contributed by atoms with van der Waals surface area (Å²) in [6.45, 7) is 5.31. The van der Waals surface area contributed by atoms with Crippen molar-refractivity contribution in [2.75, 3.05) is 6.54 Å². The van der Waals surface area contributed by atoms with Crippen molar-refractivity contribution < 1.29 is 9.66 Å². The molecule has 0 aliphatic heterocycles. The molecule has 0 saturated carbocycles. The summed E-state index contributed by atoms with van der Waals surface area (Å²) >= 11 is 0. The van der Waals surface area contributed by atoms with Gasteiger partial charge in [0.2, 0.25) is 5.75 Å². The molecule has 110 valence electrons. The van der Waals surface area contributed by atoms with Gasteiger partial charge < -0.3 is 10.1 Å². The second kappa shape index (κ2) is 6.76. The van der Waals surface area contributed by atoms with Gasteiger partial charge in [0, 0.05) is 30.6 Å². The molecule has 0 aliphatic carbocycles. The number of nitrogens with zero attached hydrogens (tertiary/aromatic N) is 3. The third-order valence-electron chi connectivity index (χ3n) is 2.77. The predicted molar refractivity (Wildman–Crippen MR) is 77.3 cm³/mol. The Hall–Kier alpha value is -2.54. The lowest BCUT2D eigenvalue weighted by Gasteiger charge is -2.06. The van der Waals surface area contributed by atoms with Crippen molar-refractivity contribution >= 4 is 5.69 Å². The molecule has 0 bridgehead atoms. The van der Waals surface area contributed by atoms with E-state index in [1.165, 1.54) is 6.07 Å². The van der Waals surface area contributed by atoms with E-state index >= 15 is 0 Å². The number of aromatic nitrogens is 2. The number of rotatable bonds is 6. The molecule has 0 fully saturated rings. The average Bonchev–Trinajstić information content (AvgIpc) is 2.48. The van der Waals surface area contributed by atoms with E-state index in [2.05, 4.69) is 15.3 Å². The Morgan fingerprint density at radius 3 is 2.67 bits per heavy atom. The number of benzene rings is 1. The van der Waals surface area contributed by atoms with Gasteiger partial charge in [0.25, 0.3) is 0 Å². The molecule has 1 N–H and O–H groups in total. The maximum Gasteiger partial charge on any atom is 0.322 e. The Kier molecular flexibility index (Phi) is 4.78. The maximum absolute atomic E-state index is 11.0. The molecule has 0 radical (unpaired) electrons. The zero-order chi connectivity index (χ0) is 15.2. The minimum absolute atomic E-state index is 0.0854. The highest BCUT2D eigenvalue weighted by Gasteiger charge is 2.16. The molecule has 0 unspecified atom stereocenters. The summed E-state index contributed by atoms with van der Waals surface area (Å²) in [4.78, 5) is 18.6. The molecule has 1 heterocycles. The number of hydrogen-bond donors (Lipinski definition) is 1. The van der Waals surface area contributed by atoms with Crippen LogP contribution in [0.25, 0.3) is 0 Å². The van der Waals surface area contributed by atoms with Crippen LogP contribution in [-0.4, -0.2) is 21.4 Å². The van der Waals surface area contributed by atoms with Crippen LogP contribution < -0.4 is 10.1 Å². The fourth-order valence-corrected chi connectivity index (χ4v) is 1.71. The smallest absolute Gasteiger partial charge is 0.322 e. The van der Waals surface area contributed by atoms with Crippen molar-refractivity contribution in [3.05, 3.63) is 51.8 Å². The van der Waals surface area contributed by atoms with E-state index in [9.17, 15) is 10.1 Å². The van der Waals surface area contributed by atoms with Crippen LogP contribution in [0.15, 0.2) is 30.6 Å². The lowest BCUT2D eigenvalue weighted by atomic mass is 10.2. The van der Waals surface area contributed by atoms with Crippen molar-refractivity contribution in [3.63, 3.8) is 0 Å². The molecule has 21 heavy (non-hydrogen) atoms. The number of nitro groups is 1. The van der Waals surface area contributed by atoms with Crippen molar-refractivity contribution in [3.8, 4) is 11.8 Å². The first-order chi connectivity index (χ1) is 10.1. The van der Waals surface area contributed by atoms with Crippen LogP contribution >= 0.6 is 0 Å². The largest absolute Gasteiger partial charge is 0.417 e. The summed E-state index contributed by atoms with van der Waals surface area (Å²) in [5.41, 5.74) is 1.61. The molecule has 2 aromatic rings.